The average molecular weight is 163 g/mol. The van der Waals surface area contributed by atoms with Crippen LogP contribution in [0.5, 0.6) is 0 Å². The van der Waals surface area contributed by atoms with E-state index >= 15 is 0 Å². The van der Waals surface area contributed by atoms with Crippen LogP contribution in [0.4, 0.5) is 0 Å². The Balaban J connectivity index is 3.91. The van der Waals surface area contributed by atoms with Crippen LogP contribution in [0, 0.1) is 5.92 Å². The van der Waals surface area contributed by atoms with Gasteiger partial charge in [-0.1, -0.05) is 0 Å². The summed E-state index contributed by atoms with van der Waals surface area (Å²) in [6.07, 6.45) is 0.212. The Morgan fingerprint density at radius 1 is 1.45 bits per heavy atom. The van der Waals surface area contributed by atoms with Crippen LogP contribution in [0.1, 0.15) is 6.42 Å². The van der Waals surface area contributed by atoms with Gasteiger partial charge >= 0.3 is 5.97 Å². The van der Waals surface area contributed by atoms with E-state index in [1.165, 1.54) is 0 Å². The molecular weight excluding hydrogens is 150 g/mol. The van der Waals surface area contributed by atoms with E-state index < -0.39 is 17.9 Å². The molecule has 0 aromatic carbocycles. The number of carboxylic acid groups (broad SMARTS) is 1. The highest BCUT2D eigenvalue weighted by Gasteiger charge is 2.22. The van der Waals surface area contributed by atoms with Gasteiger partial charge < -0.3 is 21.1 Å². The zero-order chi connectivity index (χ0) is 8.85. The zero-order valence-electron chi connectivity index (χ0n) is 6.10. The largest absolute Gasteiger partial charge is 0.480 e. The molecule has 0 heterocycles. The fraction of sp³-hybridized carbons (Fsp3) is 0.833. The third kappa shape index (κ3) is 3.31. The van der Waals surface area contributed by atoms with Crippen molar-refractivity contribution in [2.75, 3.05) is 13.2 Å². The molecule has 0 amide bonds. The molecular formula is C6H13NO4. The van der Waals surface area contributed by atoms with Crippen molar-refractivity contribution in [2.45, 2.75) is 12.5 Å². The van der Waals surface area contributed by atoms with E-state index in [0.717, 1.165) is 0 Å². The summed E-state index contributed by atoms with van der Waals surface area (Å²) < 4.78 is 0. The van der Waals surface area contributed by atoms with Gasteiger partial charge in [-0.25, -0.2) is 0 Å². The SMILES string of the molecule is N[C@H](C(=O)O)[C@@H](CO)CCO. The van der Waals surface area contributed by atoms with Gasteiger partial charge in [0.25, 0.3) is 0 Å². The van der Waals surface area contributed by atoms with Crippen molar-refractivity contribution in [3.05, 3.63) is 0 Å². The molecule has 0 aromatic heterocycles. The van der Waals surface area contributed by atoms with Crippen molar-refractivity contribution >= 4 is 5.97 Å². The van der Waals surface area contributed by atoms with E-state index in [2.05, 4.69) is 0 Å². The molecule has 0 radical (unpaired) electrons. The Bertz CT molecular complexity index is 128. The molecule has 5 heteroatoms. The molecule has 66 valence electrons. The van der Waals surface area contributed by atoms with Gasteiger partial charge in [-0.15, -0.1) is 0 Å². The number of rotatable bonds is 5. The molecule has 5 nitrogen and oxygen atoms in total. The summed E-state index contributed by atoms with van der Waals surface area (Å²) in [7, 11) is 0. The summed E-state index contributed by atoms with van der Waals surface area (Å²) in [4.78, 5) is 10.3. The molecule has 0 rings (SSSR count). The fourth-order valence-electron chi connectivity index (χ4n) is 0.752. The fourth-order valence-corrected chi connectivity index (χ4v) is 0.752. The van der Waals surface area contributed by atoms with Crippen molar-refractivity contribution in [1.82, 2.24) is 0 Å². The van der Waals surface area contributed by atoms with Crippen molar-refractivity contribution in [3.8, 4) is 0 Å². The van der Waals surface area contributed by atoms with Gasteiger partial charge in [0.1, 0.15) is 6.04 Å². The van der Waals surface area contributed by atoms with E-state index in [9.17, 15) is 4.79 Å². The predicted molar refractivity (Wildman–Crippen MR) is 37.9 cm³/mol. The summed E-state index contributed by atoms with van der Waals surface area (Å²) in [6.45, 7) is -0.472. The van der Waals surface area contributed by atoms with Gasteiger partial charge in [0.2, 0.25) is 0 Å². The van der Waals surface area contributed by atoms with Gasteiger partial charge in [-0.05, 0) is 6.42 Å². The van der Waals surface area contributed by atoms with Crippen molar-refractivity contribution in [3.63, 3.8) is 0 Å². The molecule has 0 aliphatic carbocycles. The van der Waals surface area contributed by atoms with E-state index in [-0.39, 0.29) is 19.6 Å². The lowest BCUT2D eigenvalue weighted by molar-refractivity contribution is -0.140. The first-order valence-corrected chi connectivity index (χ1v) is 3.33. The van der Waals surface area contributed by atoms with Gasteiger partial charge in [-0.3, -0.25) is 4.79 Å². The standard InChI is InChI=1S/C6H13NO4/c7-5(6(10)11)4(3-9)1-2-8/h4-5,8-9H,1-3,7H2,(H,10,11)/t4-,5+/m1/s1. The quantitative estimate of drug-likeness (QED) is 0.390. The third-order valence-electron chi connectivity index (χ3n) is 1.53. The maximum Gasteiger partial charge on any atom is 0.320 e. The van der Waals surface area contributed by atoms with Crippen LogP contribution in [-0.2, 0) is 4.79 Å². The van der Waals surface area contributed by atoms with E-state index in [4.69, 9.17) is 21.1 Å². The predicted octanol–water partition coefficient (Wildman–Crippen LogP) is -1.61. The van der Waals surface area contributed by atoms with Gasteiger partial charge in [0.05, 0.1) is 0 Å². The van der Waals surface area contributed by atoms with Crippen molar-refractivity contribution in [2.24, 2.45) is 11.7 Å². The third-order valence-corrected chi connectivity index (χ3v) is 1.53. The first-order valence-electron chi connectivity index (χ1n) is 3.33. The Labute approximate surface area is 64.4 Å². The molecule has 11 heavy (non-hydrogen) atoms. The number of aliphatic hydroxyl groups is 2. The second kappa shape index (κ2) is 5.06. The minimum absolute atomic E-state index is 0.161. The molecule has 0 aromatic rings. The molecule has 0 fully saturated rings. The number of aliphatic hydroxyl groups excluding tert-OH is 2. The maximum atomic E-state index is 10.3. The normalized spacial score (nSPS) is 15.9. The maximum absolute atomic E-state index is 10.3. The van der Waals surface area contributed by atoms with Gasteiger partial charge in [0, 0.05) is 19.1 Å². The highest BCUT2D eigenvalue weighted by Crippen LogP contribution is 2.05. The lowest BCUT2D eigenvalue weighted by atomic mass is 9.98. The van der Waals surface area contributed by atoms with Crippen LogP contribution >= 0.6 is 0 Å². The zero-order valence-corrected chi connectivity index (χ0v) is 6.10. The number of carbonyl (C=O) groups is 1. The second-order valence-electron chi connectivity index (χ2n) is 2.32. The molecule has 0 unspecified atom stereocenters. The van der Waals surface area contributed by atoms with Crippen LogP contribution in [-0.4, -0.2) is 40.5 Å². The molecule has 5 N–H and O–H groups in total. The summed E-state index contributed by atoms with van der Waals surface area (Å²) in [6, 6.07) is -1.09. The van der Waals surface area contributed by atoms with Crippen LogP contribution in [0.3, 0.4) is 0 Å². The minimum Gasteiger partial charge on any atom is -0.480 e. The van der Waals surface area contributed by atoms with Crippen LogP contribution < -0.4 is 5.73 Å². The lowest BCUT2D eigenvalue weighted by Crippen LogP contribution is -2.40. The Morgan fingerprint density at radius 3 is 2.27 bits per heavy atom. The van der Waals surface area contributed by atoms with Crippen molar-refractivity contribution in [1.29, 1.82) is 0 Å². The number of aliphatic carboxylic acids is 1. The van der Waals surface area contributed by atoms with E-state index in [1.54, 1.807) is 0 Å². The monoisotopic (exact) mass is 163 g/mol. The summed E-state index contributed by atoms with van der Waals surface area (Å²) in [5.74, 6) is -1.71. The Hall–Kier alpha value is -0.650. The molecule has 0 aliphatic heterocycles. The summed E-state index contributed by atoms with van der Waals surface area (Å²) >= 11 is 0. The highest BCUT2D eigenvalue weighted by molar-refractivity contribution is 5.73. The minimum atomic E-state index is -1.16. The number of nitrogens with two attached hydrogens (primary N) is 1. The topological polar surface area (TPSA) is 104 Å². The molecule has 2 atom stereocenters. The summed E-state index contributed by atoms with van der Waals surface area (Å²) in [5.41, 5.74) is 5.19. The second-order valence-corrected chi connectivity index (χ2v) is 2.32. The molecule has 0 saturated heterocycles. The Morgan fingerprint density at radius 2 is 2.00 bits per heavy atom. The van der Waals surface area contributed by atoms with Gasteiger partial charge in [0.15, 0.2) is 0 Å². The number of hydrogen-bond acceptors (Lipinski definition) is 4. The Kier molecular flexibility index (Phi) is 4.76. The summed E-state index contributed by atoms with van der Waals surface area (Å²) in [5, 5.41) is 25.5. The van der Waals surface area contributed by atoms with E-state index in [0.29, 0.717) is 0 Å². The number of hydrogen-bond donors (Lipinski definition) is 4. The van der Waals surface area contributed by atoms with Crippen LogP contribution in [0.25, 0.3) is 0 Å². The molecule has 0 spiro atoms. The average Bonchev–Trinajstić information content (AvgIpc) is 1.98. The number of carboxylic acids is 1. The van der Waals surface area contributed by atoms with Crippen LogP contribution in [0.15, 0.2) is 0 Å². The molecule has 0 bridgehead atoms. The highest BCUT2D eigenvalue weighted by atomic mass is 16.4. The molecule has 0 aliphatic rings. The first-order chi connectivity index (χ1) is 5.13. The van der Waals surface area contributed by atoms with E-state index in [1.807, 2.05) is 0 Å². The van der Waals surface area contributed by atoms with Crippen molar-refractivity contribution < 1.29 is 20.1 Å². The smallest absolute Gasteiger partial charge is 0.320 e. The lowest BCUT2D eigenvalue weighted by Gasteiger charge is -2.16. The van der Waals surface area contributed by atoms with Gasteiger partial charge in [-0.2, -0.15) is 0 Å². The van der Waals surface area contributed by atoms with Crippen LogP contribution in [0.2, 0.25) is 0 Å². The molecule has 0 saturated carbocycles. The first kappa shape index (κ1) is 10.3.